The van der Waals surface area contributed by atoms with Gasteiger partial charge in [-0.05, 0) is 46.0 Å². The van der Waals surface area contributed by atoms with Gasteiger partial charge >= 0.3 is 12.2 Å². The van der Waals surface area contributed by atoms with Crippen LogP contribution in [0.5, 0.6) is 11.9 Å². The van der Waals surface area contributed by atoms with Crippen LogP contribution in [-0.2, 0) is 10.9 Å². The Kier molecular flexibility index (Phi) is 6.62. The molecule has 11 nitrogen and oxygen atoms in total. The summed E-state index contributed by atoms with van der Waals surface area (Å²) in [5.41, 5.74) is 1.04. The number of likely N-dealkylation sites (tertiary alicyclic amines) is 1. The number of morpholine rings is 1. The maximum absolute atomic E-state index is 16.8. The Balaban J connectivity index is 1.18. The lowest BCUT2D eigenvalue weighted by atomic mass is 9.99. The van der Waals surface area contributed by atoms with Gasteiger partial charge in [-0.25, -0.2) is 18.7 Å². The molecule has 48 heavy (non-hydrogen) atoms. The number of aryl methyl sites for hydroxylation is 1. The second-order valence-electron chi connectivity index (χ2n) is 14.4. The van der Waals surface area contributed by atoms with E-state index in [0.717, 1.165) is 58.7 Å². The van der Waals surface area contributed by atoms with Gasteiger partial charge in [0, 0.05) is 43.2 Å². The van der Waals surface area contributed by atoms with Crippen LogP contribution in [0.25, 0.3) is 22.2 Å². The highest BCUT2D eigenvalue weighted by molar-refractivity contribution is 5.97. The van der Waals surface area contributed by atoms with E-state index in [9.17, 15) is 13.2 Å². The molecule has 1 saturated carbocycles. The van der Waals surface area contributed by atoms with Gasteiger partial charge in [0.1, 0.15) is 28.5 Å². The van der Waals surface area contributed by atoms with Crippen molar-refractivity contribution >= 4 is 22.5 Å². The molecule has 0 spiro atoms. The predicted molar refractivity (Wildman–Crippen MR) is 163 cm³/mol. The number of piperazine rings is 1. The Hall–Kier alpha value is -3.63. The van der Waals surface area contributed by atoms with Crippen molar-refractivity contribution < 1.29 is 36.2 Å². The molecule has 0 amide bonds. The van der Waals surface area contributed by atoms with Gasteiger partial charge in [-0.15, -0.1) is 0 Å². The van der Waals surface area contributed by atoms with Crippen LogP contribution in [-0.4, -0.2) is 94.1 Å². The first-order valence-electron chi connectivity index (χ1n) is 16.5. The fraction of sp³-hybridized carbons (Fsp3) is 0.625. The molecule has 8 heterocycles. The van der Waals surface area contributed by atoms with Crippen molar-refractivity contribution in [3.05, 3.63) is 22.9 Å². The zero-order chi connectivity index (χ0) is 33.3. The third-order valence-corrected chi connectivity index (χ3v) is 11.1. The van der Waals surface area contributed by atoms with E-state index in [0.29, 0.717) is 18.4 Å². The Morgan fingerprint density at radius 2 is 1.90 bits per heavy atom. The molecule has 9 rings (SSSR count). The predicted octanol–water partition coefficient (Wildman–Crippen LogP) is 4.00. The maximum atomic E-state index is 16.8. The quantitative estimate of drug-likeness (QED) is 0.369. The highest BCUT2D eigenvalue weighted by atomic mass is 19.4. The first kappa shape index (κ1) is 30.4. The Bertz CT molecular complexity index is 1840. The molecule has 3 aromatic heterocycles. The first-order chi connectivity index (χ1) is 22.9. The number of halogens is 5. The van der Waals surface area contributed by atoms with Crippen molar-refractivity contribution in [1.29, 1.82) is 0 Å². The summed E-state index contributed by atoms with van der Waals surface area (Å²) in [6, 6.07) is 0.216. The largest absolute Gasteiger partial charge is 0.472 e. The number of anilines is 2. The molecule has 5 fully saturated rings. The second-order valence-corrected chi connectivity index (χ2v) is 14.4. The van der Waals surface area contributed by atoms with Crippen LogP contribution in [0.4, 0.5) is 33.6 Å². The van der Waals surface area contributed by atoms with E-state index in [1.165, 1.54) is 0 Å². The molecule has 4 saturated heterocycles. The summed E-state index contributed by atoms with van der Waals surface area (Å²) < 4.78 is 94.0. The second kappa shape index (κ2) is 10.4. The van der Waals surface area contributed by atoms with Crippen molar-refractivity contribution in [2.24, 2.45) is 5.41 Å². The van der Waals surface area contributed by atoms with E-state index >= 15 is 8.78 Å². The molecular weight excluding hydrogens is 639 g/mol. The molecule has 0 radical (unpaired) electrons. The average Bonchev–Trinajstić information content (AvgIpc) is 3.31. The van der Waals surface area contributed by atoms with Gasteiger partial charge in [0.15, 0.2) is 17.5 Å². The van der Waals surface area contributed by atoms with E-state index in [4.69, 9.17) is 24.9 Å². The number of aromatic nitrogens is 4. The number of nitrogens with zero attached hydrogens (tertiary/aromatic N) is 6. The molecule has 5 aliphatic heterocycles. The lowest BCUT2D eigenvalue weighted by Gasteiger charge is -2.42. The van der Waals surface area contributed by atoms with Crippen LogP contribution >= 0.6 is 0 Å². The molecule has 6 atom stereocenters. The molecule has 3 aromatic rings. The number of nitrogens with one attached hydrogen (secondary N) is 1. The number of hydrogen-bond acceptors (Lipinski definition) is 11. The lowest BCUT2D eigenvalue weighted by molar-refractivity contribution is -0.138. The molecular formula is C32H35F5N8O3. The van der Waals surface area contributed by atoms with E-state index in [1.54, 1.807) is 0 Å². The zero-order valence-electron chi connectivity index (χ0n) is 26.4. The van der Waals surface area contributed by atoms with Crippen LogP contribution in [0.2, 0.25) is 0 Å². The highest BCUT2D eigenvalue weighted by Crippen LogP contribution is 2.50. The number of hydrogen-bond donors (Lipinski definition) is 2. The van der Waals surface area contributed by atoms with Crippen LogP contribution in [0.15, 0.2) is 0 Å². The Labute approximate surface area is 272 Å². The number of nitrogens with two attached hydrogens (primary N) is 1. The number of nitrogen functional groups attached to an aromatic ring is 1. The van der Waals surface area contributed by atoms with Crippen molar-refractivity contribution in [2.75, 3.05) is 43.5 Å². The normalized spacial score (nSPS) is 30.0. The SMILES string of the molecule is Cc1nc(N)c(F)c(-c2nc3c4c(nc(OCC5(CN6C[C@H]7C[C@@H]6CO7)CC5)nc4c2F)N2C[C@H]4CC[C@H](N4)[C@H]2[C@H](C)O3)c1C(F)(F)F. The van der Waals surface area contributed by atoms with Crippen LogP contribution in [0, 0.1) is 24.0 Å². The van der Waals surface area contributed by atoms with Crippen molar-refractivity contribution in [1.82, 2.24) is 30.2 Å². The molecule has 3 N–H and O–H groups in total. The van der Waals surface area contributed by atoms with Crippen molar-refractivity contribution in [2.45, 2.75) is 88.5 Å². The van der Waals surface area contributed by atoms with E-state index in [2.05, 4.69) is 30.1 Å². The van der Waals surface area contributed by atoms with E-state index in [1.807, 2.05) is 6.92 Å². The van der Waals surface area contributed by atoms with E-state index < -0.39 is 52.2 Å². The van der Waals surface area contributed by atoms with Gasteiger partial charge in [0.2, 0.25) is 5.88 Å². The van der Waals surface area contributed by atoms with Crippen LogP contribution in [0.1, 0.15) is 50.3 Å². The van der Waals surface area contributed by atoms with Gasteiger partial charge in [-0.1, -0.05) is 0 Å². The van der Waals surface area contributed by atoms with E-state index in [-0.39, 0.29) is 59.0 Å². The molecule has 0 unspecified atom stereocenters. The first-order valence-corrected chi connectivity index (χ1v) is 16.5. The third kappa shape index (κ3) is 4.69. The Morgan fingerprint density at radius 3 is 2.60 bits per heavy atom. The minimum Gasteiger partial charge on any atom is -0.472 e. The fourth-order valence-electron chi connectivity index (χ4n) is 8.64. The summed E-state index contributed by atoms with van der Waals surface area (Å²) in [6.07, 6.45) is -0.627. The minimum atomic E-state index is -5.09. The standard InChI is InChI=1S/C32H35F5N8O3/c1-13-21(32(35,36)37)19(22(33)27(38)39-13)24-23(34)25-20-28(45-8-15-3-4-18(40-15)26(45)14(2)48-29(20)41-24)43-30(42-25)47-12-31(5-6-31)11-44-9-17-7-16(44)10-46-17/h14-18,26,40H,3-12H2,1-2H3,(H2,38,39)/t14-,15+,16+,17+,18-,26+/m0/s1. The molecule has 256 valence electrons. The maximum Gasteiger partial charge on any atom is 0.418 e. The summed E-state index contributed by atoms with van der Waals surface area (Å²) in [6.45, 7) is 6.14. The number of ether oxygens (including phenoxy) is 3. The topological polar surface area (TPSA) is 124 Å². The molecule has 4 bridgehead atoms. The van der Waals surface area contributed by atoms with Crippen molar-refractivity contribution in [3.63, 3.8) is 0 Å². The average molecular weight is 675 g/mol. The number of alkyl halides is 3. The summed E-state index contributed by atoms with van der Waals surface area (Å²) >= 11 is 0. The minimum absolute atomic E-state index is 0.0261. The molecule has 16 heteroatoms. The summed E-state index contributed by atoms with van der Waals surface area (Å²) in [7, 11) is 0. The number of fused-ring (bicyclic) bond motifs is 7. The number of rotatable bonds is 6. The number of pyridine rings is 2. The van der Waals surface area contributed by atoms with Gasteiger partial charge in [0.05, 0.1) is 42.2 Å². The lowest BCUT2D eigenvalue weighted by Crippen LogP contribution is -2.62. The molecule has 0 aromatic carbocycles. The van der Waals surface area contributed by atoms with Gasteiger partial charge in [-0.2, -0.15) is 23.1 Å². The van der Waals surface area contributed by atoms with Gasteiger partial charge in [-0.3, -0.25) is 4.90 Å². The smallest absolute Gasteiger partial charge is 0.418 e. The fourth-order valence-corrected chi connectivity index (χ4v) is 8.64. The summed E-state index contributed by atoms with van der Waals surface area (Å²) in [4.78, 5) is 21.5. The molecule has 6 aliphatic rings. The highest BCUT2D eigenvalue weighted by Gasteiger charge is 2.51. The molecule has 1 aliphatic carbocycles. The Morgan fingerprint density at radius 1 is 1.08 bits per heavy atom. The third-order valence-electron chi connectivity index (χ3n) is 11.1. The van der Waals surface area contributed by atoms with Crippen LogP contribution < -0.4 is 25.4 Å². The monoisotopic (exact) mass is 674 g/mol. The van der Waals surface area contributed by atoms with Gasteiger partial charge < -0.3 is 30.2 Å². The van der Waals surface area contributed by atoms with Crippen molar-refractivity contribution in [3.8, 4) is 23.1 Å². The van der Waals surface area contributed by atoms with Gasteiger partial charge in [0.25, 0.3) is 0 Å². The zero-order valence-corrected chi connectivity index (χ0v) is 26.4. The summed E-state index contributed by atoms with van der Waals surface area (Å²) in [5.74, 6) is -3.47. The van der Waals surface area contributed by atoms with Crippen LogP contribution in [0.3, 0.4) is 0 Å². The summed E-state index contributed by atoms with van der Waals surface area (Å²) in [5, 5.41) is 3.71.